The smallest absolute Gasteiger partial charge is 0.320 e. The summed E-state index contributed by atoms with van der Waals surface area (Å²) in [6.45, 7) is 2.85. The van der Waals surface area contributed by atoms with Gasteiger partial charge in [0, 0.05) is 32.2 Å². The molecule has 0 spiro atoms. The van der Waals surface area contributed by atoms with E-state index in [0.717, 1.165) is 25.9 Å². The molecule has 7 nitrogen and oxygen atoms in total. The zero-order valence-electron chi connectivity index (χ0n) is 12.8. The van der Waals surface area contributed by atoms with Gasteiger partial charge in [0.05, 0.1) is 19.1 Å². The van der Waals surface area contributed by atoms with E-state index in [9.17, 15) is 9.59 Å². The fourth-order valence-corrected chi connectivity index (χ4v) is 2.96. The van der Waals surface area contributed by atoms with Gasteiger partial charge in [-0.1, -0.05) is 0 Å². The van der Waals surface area contributed by atoms with Crippen LogP contribution in [0.25, 0.3) is 0 Å². The molecule has 0 saturated carbocycles. The second-order valence-electron chi connectivity index (χ2n) is 6.02. The van der Waals surface area contributed by atoms with Crippen molar-refractivity contribution in [3.05, 3.63) is 0 Å². The van der Waals surface area contributed by atoms with E-state index in [1.807, 2.05) is 19.0 Å². The molecular formula is C14H25N3O4. The largest absolute Gasteiger partial charge is 0.481 e. The maximum atomic E-state index is 12.6. The van der Waals surface area contributed by atoms with E-state index >= 15 is 0 Å². The maximum absolute atomic E-state index is 12.6. The van der Waals surface area contributed by atoms with Gasteiger partial charge in [-0.3, -0.25) is 4.79 Å². The van der Waals surface area contributed by atoms with Crippen LogP contribution in [0.15, 0.2) is 0 Å². The predicted molar refractivity (Wildman–Crippen MR) is 77.2 cm³/mol. The van der Waals surface area contributed by atoms with Crippen LogP contribution in [0.1, 0.15) is 19.3 Å². The second kappa shape index (κ2) is 7.09. The van der Waals surface area contributed by atoms with Crippen molar-refractivity contribution in [3.8, 4) is 0 Å². The minimum atomic E-state index is -0.889. The molecule has 2 atom stereocenters. The Kier molecular flexibility index (Phi) is 5.41. The Labute approximate surface area is 125 Å². The molecule has 0 aromatic heterocycles. The summed E-state index contributed by atoms with van der Waals surface area (Å²) < 4.78 is 5.41. The first kappa shape index (κ1) is 16.0. The van der Waals surface area contributed by atoms with Crippen molar-refractivity contribution < 1.29 is 19.4 Å². The third kappa shape index (κ3) is 4.31. The second-order valence-corrected chi connectivity index (χ2v) is 6.02. The number of hydrogen-bond donors (Lipinski definition) is 1. The maximum Gasteiger partial charge on any atom is 0.320 e. The zero-order chi connectivity index (χ0) is 15.4. The highest BCUT2D eigenvalue weighted by molar-refractivity contribution is 5.75. The molecular weight excluding hydrogens is 274 g/mol. The number of hydrogen-bond acceptors (Lipinski definition) is 4. The van der Waals surface area contributed by atoms with E-state index in [4.69, 9.17) is 9.84 Å². The molecule has 21 heavy (non-hydrogen) atoms. The fraction of sp³-hybridized carbons (Fsp3) is 0.857. The van der Waals surface area contributed by atoms with Crippen LogP contribution in [0.4, 0.5) is 4.79 Å². The van der Waals surface area contributed by atoms with Crippen LogP contribution < -0.4 is 0 Å². The molecule has 2 amide bonds. The van der Waals surface area contributed by atoms with Gasteiger partial charge in [-0.25, -0.2) is 4.79 Å². The third-order valence-corrected chi connectivity index (χ3v) is 4.21. The van der Waals surface area contributed by atoms with Crippen LogP contribution in [-0.4, -0.2) is 90.8 Å². The van der Waals surface area contributed by atoms with E-state index in [0.29, 0.717) is 25.7 Å². The quantitative estimate of drug-likeness (QED) is 0.812. The van der Waals surface area contributed by atoms with Crippen molar-refractivity contribution in [2.24, 2.45) is 0 Å². The summed E-state index contributed by atoms with van der Waals surface area (Å²) in [6, 6.07) is 0.416. The van der Waals surface area contributed by atoms with Gasteiger partial charge < -0.3 is 24.5 Å². The average Bonchev–Trinajstić information content (AvgIpc) is 2.46. The lowest BCUT2D eigenvalue weighted by atomic mass is 10.1. The van der Waals surface area contributed by atoms with Gasteiger partial charge in [0.25, 0.3) is 0 Å². The van der Waals surface area contributed by atoms with Gasteiger partial charge >= 0.3 is 12.0 Å². The summed E-state index contributed by atoms with van der Waals surface area (Å²) in [5.74, 6) is -0.889. The number of carbonyl (C=O) groups is 2. The number of likely N-dealkylation sites (N-methyl/N-ethyl adjacent to an activating group) is 1. The van der Waals surface area contributed by atoms with Gasteiger partial charge in [0.15, 0.2) is 0 Å². The molecule has 0 radical (unpaired) electrons. The van der Waals surface area contributed by atoms with Crippen molar-refractivity contribution in [2.45, 2.75) is 31.4 Å². The number of ether oxygens (including phenoxy) is 1. The van der Waals surface area contributed by atoms with Gasteiger partial charge in [0.2, 0.25) is 0 Å². The minimum Gasteiger partial charge on any atom is -0.481 e. The Morgan fingerprint density at radius 2 is 1.95 bits per heavy atom. The number of carboxylic acid groups (broad SMARTS) is 1. The number of urea groups is 1. The van der Waals surface area contributed by atoms with Gasteiger partial charge in [0.1, 0.15) is 0 Å². The number of nitrogens with zero attached hydrogens (tertiary/aromatic N) is 3. The Balaban J connectivity index is 1.91. The van der Waals surface area contributed by atoms with E-state index in [1.54, 1.807) is 4.90 Å². The molecule has 7 heteroatoms. The van der Waals surface area contributed by atoms with Crippen molar-refractivity contribution in [1.29, 1.82) is 0 Å². The molecule has 2 saturated heterocycles. The first-order chi connectivity index (χ1) is 9.97. The molecule has 2 rings (SSSR count). The molecule has 1 N–H and O–H groups in total. The molecule has 2 unspecified atom stereocenters. The first-order valence-corrected chi connectivity index (χ1v) is 7.51. The van der Waals surface area contributed by atoms with Crippen LogP contribution in [0, 0.1) is 0 Å². The van der Waals surface area contributed by atoms with Crippen LogP contribution in [0.3, 0.4) is 0 Å². The Bertz CT molecular complexity index is 388. The normalized spacial score (nSPS) is 27.0. The number of piperidine rings is 1. The summed E-state index contributed by atoms with van der Waals surface area (Å²) in [5.41, 5.74) is 0. The van der Waals surface area contributed by atoms with Gasteiger partial charge in [-0.15, -0.1) is 0 Å². The van der Waals surface area contributed by atoms with Gasteiger partial charge in [-0.05, 0) is 26.9 Å². The van der Waals surface area contributed by atoms with Crippen molar-refractivity contribution in [2.75, 3.05) is 46.9 Å². The number of carboxylic acids is 1. The van der Waals surface area contributed by atoms with Crippen LogP contribution >= 0.6 is 0 Å². The molecule has 2 aliphatic rings. The summed E-state index contributed by atoms with van der Waals surface area (Å²) in [6.07, 6.45) is 1.68. The highest BCUT2D eigenvalue weighted by Crippen LogP contribution is 2.17. The number of aliphatic carboxylic acids is 1. The molecule has 2 aliphatic heterocycles. The van der Waals surface area contributed by atoms with E-state index in [2.05, 4.69) is 4.90 Å². The van der Waals surface area contributed by atoms with Crippen molar-refractivity contribution >= 4 is 12.0 Å². The number of morpholine rings is 1. The van der Waals surface area contributed by atoms with Crippen LogP contribution in [-0.2, 0) is 9.53 Å². The third-order valence-electron chi connectivity index (χ3n) is 4.21. The SMILES string of the molecule is CN(C)C1CCCN(C(=O)N2CCOC(CC(=O)O)C2)C1. The molecule has 2 fully saturated rings. The Morgan fingerprint density at radius 3 is 2.62 bits per heavy atom. The van der Waals surface area contributed by atoms with Crippen LogP contribution in [0.5, 0.6) is 0 Å². The molecule has 2 heterocycles. The summed E-state index contributed by atoms with van der Waals surface area (Å²) in [5, 5.41) is 8.84. The lowest BCUT2D eigenvalue weighted by Crippen LogP contribution is -2.55. The van der Waals surface area contributed by atoms with Crippen LogP contribution in [0.2, 0.25) is 0 Å². The average molecular weight is 299 g/mol. The Hall–Kier alpha value is -1.34. The monoisotopic (exact) mass is 299 g/mol. The number of amides is 2. The summed E-state index contributed by atoms with van der Waals surface area (Å²) in [7, 11) is 4.08. The molecule has 0 aromatic rings. The number of rotatable bonds is 3. The summed E-state index contributed by atoms with van der Waals surface area (Å²) >= 11 is 0. The van der Waals surface area contributed by atoms with E-state index < -0.39 is 12.1 Å². The minimum absolute atomic E-state index is 0.0141. The lowest BCUT2D eigenvalue weighted by molar-refractivity contribution is -0.141. The van der Waals surface area contributed by atoms with E-state index in [1.165, 1.54) is 0 Å². The van der Waals surface area contributed by atoms with Crippen molar-refractivity contribution in [3.63, 3.8) is 0 Å². The fourth-order valence-electron chi connectivity index (χ4n) is 2.96. The van der Waals surface area contributed by atoms with Gasteiger partial charge in [-0.2, -0.15) is 0 Å². The number of carbonyl (C=O) groups excluding carboxylic acids is 1. The predicted octanol–water partition coefficient (Wildman–Crippen LogP) is 0.308. The van der Waals surface area contributed by atoms with Crippen molar-refractivity contribution in [1.82, 2.24) is 14.7 Å². The highest BCUT2D eigenvalue weighted by Gasteiger charge is 2.31. The standard InChI is InChI=1S/C14H25N3O4/c1-15(2)11-4-3-5-16(9-11)14(20)17-6-7-21-12(10-17)8-13(18)19/h11-12H,3-10H2,1-2H3,(H,18,19). The molecule has 0 aliphatic carbocycles. The lowest BCUT2D eigenvalue weighted by Gasteiger charge is -2.40. The molecule has 0 bridgehead atoms. The molecule has 0 aromatic carbocycles. The van der Waals surface area contributed by atoms with E-state index in [-0.39, 0.29) is 12.5 Å². The highest BCUT2D eigenvalue weighted by atomic mass is 16.5. The first-order valence-electron chi connectivity index (χ1n) is 7.51. The number of likely N-dealkylation sites (tertiary alicyclic amines) is 1. The zero-order valence-corrected chi connectivity index (χ0v) is 12.8. The Morgan fingerprint density at radius 1 is 1.24 bits per heavy atom. The molecule has 120 valence electrons. The topological polar surface area (TPSA) is 73.3 Å². The summed E-state index contributed by atoms with van der Waals surface area (Å²) in [4.78, 5) is 29.1.